The van der Waals surface area contributed by atoms with Crippen LogP contribution in [-0.4, -0.2) is 26.0 Å². The molecule has 0 amide bonds. The van der Waals surface area contributed by atoms with Crippen molar-refractivity contribution in [2.45, 2.75) is 50.5 Å². The second-order valence-electron chi connectivity index (χ2n) is 5.66. The Morgan fingerprint density at radius 3 is 2.75 bits per heavy atom. The normalized spacial score (nSPS) is 23.6. The second kappa shape index (κ2) is 6.14. The summed E-state index contributed by atoms with van der Waals surface area (Å²) in [6.45, 7) is 2.47. The van der Waals surface area contributed by atoms with Crippen molar-refractivity contribution < 1.29 is 13.2 Å². The molecule has 0 heterocycles. The molecule has 2 rings (SSSR count). The van der Waals surface area contributed by atoms with Crippen LogP contribution in [0.3, 0.4) is 0 Å². The molecule has 1 aliphatic rings. The van der Waals surface area contributed by atoms with Crippen molar-refractivity contribution in [1.29, 1.82) is 0 Å². The summed E-state index contributed by atoms with van der Waals surface area (Å²) in [6.07, 6.45) is 4.46. The van der Waals surface area contributed by atoms with E-state index in [9.17, 15) is 8.42 Å². The van der Waals surface area contributed by atoms with Gasteiger partial charge in [-0.05, 0) is 43.4 Å². The van der Waals surface area contributed by atoms with Crippen LogP contribution in [0, 0.1) is 6.92 Å². The van der Waals surface area contributed by atoms with Crippen LogP contribution in [0.25, 0.3) is 0 Å². The first-order valence-electron chi connectivity index (χ1n) is 7.05. The number of nitrogens with two attached hydrogens (primary N) is 1. The number of hydrogen-bond donors (Lipinski definition) is 1. The van der Waals surface area contributed by atoms with E-state index in [1.54, 1.807) is 0 Å². The van der Waals surface area contributed by atoms with Gasteiger partial charge < -0.3 is 10.5 Å². The topological polar surface area (TPSA) is 69.4 Å². The van der Waals surface area contributed by atoms with Gasteiger partial charge in [0.2, 0.25) is 0 Å². The molecule has 112 valence electrons. The molecule has 0 bridgehead atoms. The fourth-order valence-electron chi connectivity index (χ4n) is 2.68. The molecule has 5 heteroatoms. The predicted octanol–water partition coefficient (Wildman–Crippen LogP) is 2.19. The summed E-state index contributed by atoms with van der Waals surface area (Å²) < 4.78 is 29.4. The first kappa shape index (κ1) is 15.3. The lowest BCUT2D eigenvalue weighted by molar-refractivity contribution is 0.155. The van der Waals surface area contributed by atoms with E-state index in [1.165, 1.54) is 6.26 Å². The molecule has 1 aromatic carbocycles. The van der Waals surface area contributed by atoms with E-state index >= 15 is 0 Å². The standard InChI is InChI=1S/C15H23NO3S/c1-11-6-7-12(10-16)8-15(11)19-13-4-3-5-14(9-13)20(2,17)18/h6-8,13-14H,3-5,9-10,16H2,1-2H3. The van der Waals surface area contributed by atoms with Crippen LogP contribution in [0.2, 0.25) is 0 Å². The van der Waals surface area contributed by atoms with Crippen LogP contribution < -0.4 is 10.5 Å². The summed E-state index contributed by atoms with van der Waals surface area (Å²) >= 11 is 0. The fraction of sp³-hybridized carbons (Fsp3) is 0.600. The lowest BCUT2D eigenvalue weighted by Gasteiger charge is -2.29. The molecular formula is C15H23NO3S. The predicted molar refractivity (Wildman–Crippen MR) is 80.6 cm³/mol. The minimum absolute atomic E-state index is 0.0183. The SMILES string of the molecule is Cc1ccc(CN)cc1OC1CCCC(S(C)(=O)=O)C1. The van der Waals surface area contributed by atoms with Crippen molar-refractivity contribution in [3.05, 3.63) is 29.3 Å². The third kappa shape index (κ3) is 3.73. The van der Waals surface area contributed by atoms with Gasteiger partial charge in [-0.2, -0.15) is 0 Å². The van der Waals surface area contributed by atoms with E-state index < -0.39 is 9.84 Å². The summed E-state index contributed by atoms with van der Waals surface area (Å²) in [6, 6.07) is 5.94. The van der Waals surface area contributed by atoms with Gasteiger partial charge in [-0.15, -0.1) is 0 Å². The van der Waals surface area contributed by atoms with Gasteiger partial charge in [0.15, 0.2) is 0 Å². The van der Waals surface area contributed by atoms with E-state index in [-0.39, 0.29) is 11.4 Å². The Hall–Kier alpha value is -1.07. The van der Waals surface area contributed by atoms with E-state index in [0.29, 0.717) is 13.0 Å². The Balaban J connectivity index is 2.10. The highest BCUT2D eigenvalue weighted by molar-refractivity contribution is 7.91. The van der Waals surface area contributed by atoms with Gasteiger partial charge >= 0.3 is 0 Å². The summed E-state index contributed by atoms with van der Waals surface area (Å²) in [5, 5.41) is -0.265. The van der Waals surface area contributed by atoms with Crippen molar-refractivity contribution in [2.24, 2.45) is 5.73 Å². The zero-order chi connectivity index (χ0) is 14.8. The molecule has 1 aliphatic carbocycles. The molecule has 20 heavy (non-hydrogen) atoms. The molecule has 1 saturated carbocycles. The van der Waals surface area contributed by atoms with Crippen LogP contribution in [0.4, 0.5) is 0 Å². The number of rotatable bonds is 4. The lowest BCUT2D eigenvalue weighted by atomic mass is 9.97. The van der Waals surface area contributed by atoms with Gasteiger partial charge in [-0.3, -0.25) is 0 Å². The zero-order valence-electron chi connectivity index (χ0n) is 12.1. The van der Waals surface area contributed by atoms with Crippen LogP contribution in [-0.2, 0) is 16.4 Å². The Bertz CT molecular complexity index is 568. The van der Waals surface area contributed by atoms with Gasteiger partial charge in [-0.25, -0.2) is 8.42 Å². The van der Waals surface area contributed by atoms with Gasteiger partial charge in [0, 0.05) is 19.2 Å². The van der Waals surface area contributed by atoms with Crippen LogP contribution in [0.15, 0.2) is 18.2 Å². The summed E-state index contributed by atoms with van der Waals surface area (Å²) in [5.41, 5.74) is 7.73. The maximum Gasteiger partial charge on any atom is 0.150 e. The van der Waals surface area contributed by atoms with Gasteiger partial charge in [-0.1, -0.05) is 12.1 Å². The first-order valence-corrected chi connectivity index (χ1v) is 9.00. The van der Waals surface area contributed by atoms with E-state index in [1.807, 2.05) is 25.1 Å². The lowest BCUT2D eigenvalue weighted by Crippen LogP contribution is -2.33. The van der Waals surface area contributed by atoms with E-state index in [0.717, 1.165) is 36.1 Å². The second-order valence-corrected chi connectivity index (χ2v) is 7.99. The fourth-order valence-corrected chi connectivity index (χ4v) is 3.84. The Labute approximate surface area is 121 Å². The molecule has 0 aliphatic heterocycles. The Morgan fingerprint density at radius 2 is 2.10 bits per heavy atom. The van der Waals surface area contributed by atoms with Gasteiger partial charge in [0.25, 0.3) is 0 Å². The molecule has 4 nitrogen and oxygen atoms in total. The number of aryl methyl sites for hydroxylation is 1. The first-order chi connectivity index (χ1) is 9.40. The highest BCUT2D eigenvalue weighted by Crippen LogP contribution is 2.29. The molecule has 2 atom stereocenters. The summed E-state index contributed by atoms with van der Waals surface area (Å²) in [7, 11) is -2.97. The Kier molecular flexibility index (Phi) is 4.70. The van der Waals surface area contributed by atoms with E-state index in [4.69, 9.17) is 10.5 Å². The smallest absolute Gasteiger partial charge is 0.150 e. The van der Waals surface area contributed by atoms with Gasteiger partial charge in [0.1, 0.15) is 15.6 Å². The molecule has 0 saturated heterocycles. The molecule has 2 N–H and O–H groups in total. The van der Waals surface area contributed by atoms with Crippen molar-refractivity contribution in [1.82, 2.24) is 0 Å². The Morgan fingerprint density at radius 1 is 1.35 bits per heavy atom. The zero-order valence-corrected chi connectivity index (χ0v) is 12.9. The highest BCUT2D eigenvalue weighted by atomic mass is 32.2. The van der Waals surface area contributed by atoms with Crippen molar-refractivity contribution >= 4 is 9.84 Å². The number of ether oxygens (including phenoxy) is 1. The minimum atomic E-state index is -2.97. The maximum atomic E-state index is 11.7. The van der Waals surface area contributed by atoms with Crippen molar-refractivity contribution in [2.75, 3.05) is 6.26 Å². The maximum absolute atomic E-state index is 11.7. The van der Waals surface area contributed by atoms with Crippen LogP contribution in [0.5, 0.6) is 5.75 Å². The van der Waals surface area contributed by atoms with Crippen molar-refractivity contribution in [3.63, 3.8) is 0 Å². The number of sulfone groups is 1. The molecule has 1 fully saturated rings. The van der Waals surface area contributed by atoms with Gasteiger partial charge in [0.05, 0.1) is 11.4 Å². The molecule has 1 aromatic rings. The number of hydrogen-bond acceptors (Lipinski definition) is 4. The molecular weight excluding hydrogens is 274 g/mol. The average Bonchev–Trinajstić information content (AvgIpc) is 2.41. The van der Waals surface area contributed by atoms with E-state index in [2.05, 4.69) is 0 Å². The molecule has 0 radical (unpaired) electrons. The van der Waals surface area contributed by atoms with Crippen LogP contribution >= 0.6 is 0 Å². The molecule has 2 unspecified atom stereocenters. The third-order valence-electron chi connectivity index (χ3n) is 3.97. The third-order valence-corrected chi connectivity index (χ3v) is 5.60. The summed E-state index contributed by atoms with van der Waals surface area (Å²) in [5.74, 6) is 0.826. The van der Waals surface area contributed by atoms with Crippen molar-refractivity contribution in [3.8, 4) is 5.75 Å². The summed E-state index contributed by atoms with van der Waals surface area (Å²) in [4.78, 5) is 0. The minimum Gasteiger partial charge on any atom is -0.490 e. The number of benzene rings is 1. The molecule has 0 aromatic heterocycles. The van der Waals surface area contributed by atoms with Crippen LogP contribution in [0.1, 0.15) is 36.8 Å². The monoisotopic (exact) mass is 297 g/mol. The highest BCUT2D eigenvalue weighted by Gasteiger charge is 2.30. The quantitative estimate of drug-likeness (QED) is 0.925. The molecule has 0 spiro atoms. The largest absolute Gasteiger partial charge is 0.490 e. The average molecular weight is 297 g/mol.